The summed E-state index contributed by atoms with van der Waals surface area (Å²) in [6.45, 7) is 5.21. The molecule has 1 aliphatic rings. The molecule has 0 aliphatic carbocycles. The van der Waals surface area contributed by atoms with Crippen LogP contribution in [0.15, 0.2) is 36.4 Å². The number of ether oxygens (including phenoxy) is 1. The van der Waals surface area contributed by atoms with Crippen molar-refractivity contribution in [3.63, 3.8) is 0 Å². The Balaban J connectivity index is 1.66. The molecule has 1 fully saturated rings. The smallest absolute Gasteiger partial charge is 0.233 e. The second-order valence-corrected chi connectivity index (χ2v) is 8.34. The summed E-state index contributed by atoms with van der Waals surface area (Å²) in [6, 6.07) is 11.0. The number of fused-ring (bicyclic) bond motifs is 1. The van der Waals surface area contributed by atoms with Crippen LogP contribution in [0.25, 0.3) is 10.2 Å². The second-order valence-electron chi connectivity index (χ2n) is 7.33. The number of benzene rings is 2. The molecule has 1 saturated heterocycles. The molecule has 0 radical (unpaired) electrons. The number of aryl methyl sites for hydroxylation is 2. The van der Waals surface area contributed by atoms with Gasteiger partial charge in [0.1, 0.15) is 11.3 Å². The Morgan fingerprint density at radius 1 is 1.32 bits per heavy atom. The minimum atomic E-state index is -0.362. The summed E-state index contributed by atoms with van der Waals surface area (Å²) in [7, 11) is 0. The van der Waals surface area contributed by atoms with Gasteiger partial charge in [-0.3, -0.25) is 9.69 Å². The average molecular weight is 399 g/mol. The molecule has 0 bridgehead atoms. The number of nitrogens with zero attached hydrogens (tertiary/aromatic N) is 2. The first kappa shape index (κ1) is 19.0. The Morgan fingerprint density at radius 2 is 2.18 bits per heavy atom. The standard InChI is InChI=1S/C22H23FN2O2S/c1-14-8-9-15(2)16(11-14)12-20(26)25(13-17-5-4-10-27-17)22-24-21-18(23)6-3-7-19(21)28-22/h3,6-9,11,17H,4-5,10,12-13H2,1-2H3. The predicted octanol–water partition coefficient (Wildman–Crippen LogP) is 4.81. The number of thiazole rings is 1. The monoisotopic (exact) mass is 398 g/mol. The lowest BCUT2D eigenvalue weighted by atomic mass is 10.0. The summed E-state index contributed by atoms with van der Waals surface area (Å²) in [5.74, 6) is -0.400. The van der Waals surface area contributed by atoms with Gasteiger partial charge < -0.3 is 4.74 Å². The predicted molar refractivity (Wildman–Crippen MR) is 111 cm³/mol. The first-order chi connectivity index (χ1) is 13.5. The van der Waals surface area contributed by atoms with Crippen molar-refractivity contribution in [2.75, 3.05) is 18.1 Å². The van der Waals surface area contributed by atoms with Gasteiger partial charge in [0, 0.05) is 6.61 Å². The van der Waals surface area contributed by atoms with Gasteiger partial charge in [-0.15, -0.1) is 0 Å². The van der Waals surface area contributed by atoms with Crippen LogP contribution in [0, 0.1) is 19.7 Å². The van der Waals surface area contributed by atoms with Gasteiger partial charge in [-0.1, -0.05) is 41.2 Å². The van der Waals surface area contributed by atoms with Crippen LogP contribution in [0.3, 0.4) is 0 Å². The lowest BCUT2D eigenvalue weighted by Gasteiger charge is -2.23. The number of halogens is 1. The van der Waals surface area contributed by atoms with Gasteiger partial charge in [-0.25, -0.2) is 9.37 Å². The number of amides is 1. The highest BCUT2D eigenvalue weighted by Gasteiger charge is 2.27. The zero-order valence-electron chi connectivity index (χ0n) is 16.1. The largest absolute Gasteiger partial charge is 0.376 e. The minimum absolute atomic E-state index is 0.000541. The Kier molecular flexibility index (Phi) is 5.42. The molecule has 4 nitrogen and oxygen atoms in total. The van der Waals surface area contributed by atoms with E-state index in [1.54, 1.807) is 11.0 Å². The minimum Gasteiger partial charge on any atom is -0.376 e. The Bertz CT molecular complexity index is 1010. The number of hydrogen-bond donors (Lipinski definition) is 0. The van der Waals surface area contributed by atoms with Gasteiger partial charge in [-0.2, -0.15) is 0 Å². The number of hydrogen-bond acceptors (Lipinski definition) is 4. The van der Waals surface area contributed by atoms with Crippen molar-refractivity contribution in [1.29, 1.82) is 0 Å². The molecular weight excluding hydrogens is 375 g/mol. The van der Waals surface area contributed by atoms with Gasteiger partial charge >= 0.3 is 0 Å². The summed E-state index contributed by atoms with van der Waals surface area (Å²) >= 11 is 1.35. The van der Waals surface area contributed by atoms with Gasteiger partial charge in [-0.05, 0) is 49.9 Å². The van der Waals surface area contributed by atoms with Gasteiger partial charge in [0.25, 0.3) is 0 Å². The molecule has 3 aromatic rings. The van der Waals surface area contributed by atoms with Gasteiger partial charge in [0.2, 0.25) is 5.91 Å². The second kappa shape index (κ2) is 7.97. The van der Waals surface area contributed by atoms with E-state index in [4.69, 9.17) is 4.74 Å². The van der Waals surface area contributed by atoms with Crippen molar-refractivity contribution in [1.82, 2.24) is 4.98 Å². The van der Waals surface area contributed by atoms with E-state index in [1.807, 2.05) is 32.0 Å². The number of anilines is 1. The normalized spacial score (nSPS) is 16.6. The van der Waals surface area contributed by atoms with Gasteiger partial charge in [0.05, 0.1) is 23.8 Å². The lowest BCUT2D eigenvalue weighted by molar-refractivity contribution is -0.118. The van der Waals surface area contributed by atoms with Crippen LogP contribution in [-0.4, -0.2) is 30.1 Å². The molecule has 1 atom stereocenters. The number of aromatic nitrogens is 1. The summed E-state index contributed by atoms with van der Waals surface area (Å²) in [5.41, 5.74) is 3.54. The highest BCUT2D eigenvalue weighted by atomic mass is 32.1. The Labute approximate surface area is 168 Å². The third-order valence-electron chi connectivity index (χ3n) is 5.15. The summed E-state index contributed by atoms with van der Waals surface area (Å²) < 4.78 is 20.6. The SMILES string of the molecule is Cc1ccc(C)c(CC(=O)N(CC2CCCO2)c2nc3c(F)cccc3s2)c1. The van der Waals surface area contributed by atoms with Gasteiger partial charge in [0.15, 0.2) is 5.13 Å². The quantitative estimate of drug-likeness (QED) is 0.620. The molecule has 146 valence electrons. The molecule has 0 N–H and O–H groups in total. The molecule has 1 aliphatic heterocycles. The molecule has 28 heavy (non-hydrogen) atoms. The number of carbonyl (C=O) groups excluding carboxylic acids is 1. The van der Waals surface area contributed by atoms with E-state index < -0.39 is 0 Å². The highest BCUT2D eigenvalue weighted by molar-refractivity contribution is 7.22. The summed E-state index contributed by atoms with van der Waals surface area (Å²) in [4.78, 5) is 19.4. The van der Waals surface area contributed by atoms with E-state index in [0.717, 1.165) is 40.8 Å². The summed E-state index contributed by atoms with van der Waals surface area (Å²) in [5, 5.41) is 0.533. The molecular formula is C22H23FN2O2S. The molecule has 6 heteroatoms. The maximum atomic E-state index is 14.1. The Morgan fingerprint density at radius 3 is 2.93 bits per heavy atom. The maximum absolute atomic E-state index is 14.1. The topological polar surface area (TPSA) is 42.4 Å². The zero-order chi connectivity index (χ0) is 19.7. The van der Waals surface area contributed by atoms with Crippen molar-refractivity contribution in [2.24, 2.45) is 0 Å². The van der Waals surface area contributed by atoms with Crippen LogP contribution in [0.2, 0.25) is 0 Å². The first-order valence-electron chi connectivity index (χ1n) is 9.54. The molecule has 0 saturated carbocycles. The molecule has 1 unspecified atom stereocenters. The fourth-order valence-corrected chi connectivity index (χ4v) is 4.55. The maximum Gasteiger partial charge on any atom is 0.233 e. The van der Waals surface area contributed by atoms with Crippen LogP contribution < -0.4 is 4.90 Å². The Hall–Kier alpha value is -2.31. The number of rotatable bonds is 5. The van der Waals surface area contributed by atoms with E-state index in [-0.39, 0.29) is 17.8 Å². The van der Waals surface area contributed by atoms with E-state index in [2.05, 4.69) is 11.1 Å². The van der Waals surface area contributed by atoms with Crippen molar-refractivity contribution in [2.45, 2.75) is 39.2 Å². The van der Waals surface area contributed by atoms with E-state index in [0.29, 0.717) is 23.6 Å². The molecule has 0 spiro atoms. The average Bonchev–Trinajstić information content (AvgIpc) is 3.32. The summed E-state index contributed by atoms with van der Waals surface area (Å²) in [6.07, 6.45) is 2.21. The van der Waals surface area contributed by atoms with E-state index in [9.17, 15) is 9.18 Å². The fourth-order valence-electron chi connectivity index (χ4n) is 3.55. The zero-order valence-corrected chi connectivity index (χ0v) is 16.9. The van der Waals surface area contributed by atoms with Crippen molar-refractivity contribution in [3.8, 4) is 0 Å². The molecule has 1 aromatic heterocycles. The van der Waals surface area contributed by atoms with Crippen molar-refractivity contribution < 1.29 is 13.9 Å². The number of carbonyl (C=O) groups is 1. The van der Waals surface area contributed by atoms with Crippen LogP contribution in [0.5, 0.6) is 0 Å². The van der Waals surface area contributed by atoms with Crippen molar-refractivity contribution >= 4 is 32.6 Å². The van der Waals surface area contributed by atoms with Crippen LogP contribution in [0.4, 0.5) is 9.52 Å². The third-order valence-corrected chi connectivity index (χ3v) is 6.19. The fraction of sp³-hybridized carbons (Fsp3) is 0.364. The van der Waals surface area contributed by atoms with Crippen LogP contribution in [0.1, 0.15) is 29.5 Å². The highest BCUT2D eigenvalue weighted by Crippen LogP contribution is 2.31. The molecule has 4 rings (SSSR count). The first-order valence-corrected chi connectivity index (χ1v) is 10.4. The van der Waals surface area contributed by atoms with Crippen LogP contribution in [-0.2, 0) is 16.0 Å². The van der Waals surface area contributed by atoms with E-state index in [1.165, 1.54) is 17.4 Å². The van der Waals surface area contributed by atoms with E-state index >= 15 is 0 Å². The number of para-hydroxylation sites is 1. The van der Waals surface area contributed by atoms with Crippen LogP contribution >= 0.6 is 11.3 Å². The molecule has 2 heterocycles. The van der Waals surface area contributed by atoms with Crippen molar-refractivity contribution in [3.05, 3.63) is 58.9 Å². The molecule has 1 amide bonds. The third kappa shape index (κ3) is 3.93. The molecule has 2 aromatic carbocycles. The lowest BCUT2D eigenvalue weighted by Crippen LogP contribution is -2.38.